The molecule has 1 aromatic rings. The summed E-state index contributed by atoms with van der Waals surface area (Å²) >= 11 is 0. The molecule has 0 bridgehead atoms. The molecule has 0 aliphatic rings. The van der Waals surface area contributed by atoms with E-state index < -0.39 is 36.8 Å². The molecule has 0 aliphatic carbocycles. The van der Waals surface area contributed by atoms with Crippen molar-refractivity contribution in [2.24, 2.45) is 0 Å². The second kappa shape index (κ2) is 4.49. The molecule has 0 aromatic carbocycles. The van der Waals surface area contributed by atoms with Gasteiger partial charge in [0.1, 0.15) is 5.69 Å². The topological polar surface area (TPSA) is 90.2 Å². The Labute approximate surface area is 98.8 Å². The first-order valence-corrected chi connectivity index (χ1v) is 6.34. The quantitative estimate of drug-likeness (QED) is 0.482. The minimum atomic E-state index is -4.42. The predicted molar refractivity (Wildman–Crippen MR) is 53.6 cm³/mol. The highest BCUT2D eigenvalue weighted by atomic mass is 35.7. The molecule has 0 N–H and O–H groups in total. The van der Waals surface area contributed by atoms with Crippen molar-refractivity contribution >= 4 is 25.4 Å². The molecule has 1 rings (SSSR count). The van der Waals surface area contributed by atoms with E-state index in [9.17, 15) is 27.3 Å². The SMILES string of the molecule is Cc1c([N+](=O)[O-])cc(C(F)F)nc1S(=O)(=O)Cl. The van der Waals surface area contributed by atoms with Gasteiger partial charge < -0.3 is 0 Å². The molecule has 17 heavy (non-hydrogen) atoms. The second-order valence-corrected chi connectivity index (χ2v) is 5.47. The highest BCUT2D eigenvalue weighted by Gasteiger charge is 2.27. The number of alkyl halides is 2. The number of aromatic nitrogens is 1. The summed E-state index contributed by atoms with van der Waals surface area (Å²) in [7, 11) is 0.537. The van der Waals surface area contributed by atoms with Crippen LogP contribution in [0.4, 0.5) is 14.5 Å². The van der Waals surface area contributed by atoms with E-state index >= 15 is 0 Å². The maximum Gasteiger partial charge on any atom is 0.280 e. The van der Waals surface area contributed by atoms with Crippen molar-refractivity contribution in [2.75, 3.05) is 0 Å². The highest BCUT2D eigenvalue weighted by molar-refractivity contribution is 8.13. The van der Waals surface area contributed by atoms with Crippen molar-refractivity contribution in [2.45, 2.75) is 18.4 Å². The molecular weight excluding hydrogens is 282 g/mol. The summed E-state index contributed by atoms with van der Waals surface area (Å²) in [4.78, 5) is 12.7. The van der Waals surface area contributed by atoms with E-state index in [4.69, 9.17) is 10.7 Å². The molecule has 94 valence electrons. The summed E-state index contributed by atoms with van der Waals surface area (Å²) in [6.45, 7) is 1.07. The van der Waals surface area contributed by atoms with E-state index in [1.165, 1.54) is 0 Å². The molecule has 1 aromatic heterocycles. The van der Waals surface area contributed by atoms with Crippen LogP contribution in [0.1, 0.15) is 17.7 Å². The van der Waals surface area contributed by atoms with Crippen LogP contribution in [-0.2, 0) is 9.05 Å². The van der Waals surface area contributed by atoms with Gasteiger partial charge in [-0.15, -0.1) is 0 Å². The third-order valence-electron chi connectivity index (χ3n) is 1.87. The van der Waals surface area contributed by atoms with Gasteiger partial charge >= 0.3 is 0 Å². The largest absolute Gasteiger partial charge is 0.280 e. The molecule has 0 unspecified atom stereocenters. The maximum atomic E-state index is 12.4. The van der Waals surface area contributed by atoms with Gasteiger partial charge in [0.15, 0.2) is 5.03 Å². The standard InChI is InChI=1S/C7H5ClF2N2O4S/c1-3-5(12(13)14)2-4(6(9)10)11-7(3)17(8,15)16/h2,6H,1H3. The van der Waals surface area contributed by atoms with Gasteiger partial charge in [-0.1, -0.05) is 0 Å². The van der Waals surface area contributed by atoms with Crippen molar-refractivity contribution in [3.8, 4) is 0 Å². The molecule has 0 amide bonds. The number of halogens is 3. The van der Waals surface area contributed by atoms with E-state index in [-0.39, 0.29) is 5.56 Å². The van der Waals surface area contributed by atoms with Gasteiger partial charge in [-0.25, -0.2) is 22.2 Å². The number of pyridine rings is 1. The van der Waals surface area contributed by atoms with Gasteiger partial charge in [0.05, 0.1) is 10.5 Å². The van der Waals surface area contributed by atoms with Gasteiger partial charge in [0.2, 0.25) is 0 Å². The Morgan fingerprint density at radius 2 is 2.06 bits per heavy atom. The fraction of sp³-hybridized carbons (Fsp3) is 0.286. The van der Waals surface area contributed by atoms with Crippen molar-refractivity contribution in [1.82, 2.24) is 4.98 Å². The van der Waals surface area contributed by atoms with E-state index in [0.29, 0.717) is 6.07 Å². The van der Waals surface area contributed by atoms with Crippen LogP contribution in [0.15, 0.2) is 11.1 Å². The third-order valence-corrected chi connectivity index (χ3v) is 3.17. The Bertz CT molecular complexity index is 575. The van der Waals surface area contributed by atoms with Crippen LogP contribution in [0.25, 0.3) is 0 Å². The lowest BCUT2D eigenvalue weighted by molar-refractivity contribution is -0.385. The second-order valence-electron chi connectivity index (χ2n) is 2.99. The minimum absolute atomic E-state index is 0.380. The lowest BCUT2D eigenvalue weighted by Gasteiger charge is -2.05. The first-order chi connectivity index (χ1) is 7.64. The van der Waals surface area contributed by atoms with E-state index in [2.05, 4.69) is 4.98 Å². The number of hydrogen-bond donors (Lipinski definition) is 0. The lowest BCUT2D eigenvalue weighted by Crippen LogP contribution is -2.06. The molecule has 0 fully saturated rings. The summed E-state index contributed by atoms with van der Waals surface area (Å²) in [5, 5.41) is 9.64. The van der Waals surface area contributed by atoms with Crippen molar-refractivity contribution < 1.29 is 22.1 Å². The molecule has 6 nitrogen and oxygen atoms in total. The Balaban J connectivity index is 3.67. The van der Waals surface area contributed by atoms with Gasteiger partial charge in [0.25, 0.3) is 21.2 Å². The Morgan fingerprint density at radius 3 is 2.41 bits per heavy atom. The highest BCUT2D eigenvalue weighted by Crippen LogP contribution is 2.30. The summed E-state index contributed by atoms with van der Waals surface area (Å²) in [6, 6.07) is 0.519. The van der Waals surface area contributed by atoms with Crippen LogP contribution in [-0.4, -0.2) is 18.3 Å². The zero-order valence-electron chi connectivity index (χ0n) is 8.22. The van der Waals surface area contributed by atoms with Gasteiger partial charge in [-0.2, -0.15) is 0 Å². The van der Waals surface area contributed by atoms with Crippen LogP contribution in [0.2, 0.25) is 0 Å². The predicted octanol–water partition coefficient (Wildman–Crippen LogP) is 2.16. The molecule has 1 heterocycles. The van der Waals surface area contributed by atoms with Crippen molar-refractivity contribution in [3.63, 3.8) is 0 Å². The van der Waals surface area contributed by atoms with E-state index in [1.54, 1.807) is 0 Å². The number of nitrogens with zero attached hydrogens (tertiary/aromatic N) is 2. The minimum Gasteiger partial charge on any atom is -0.258 e. The summed E-state index contributed by atoms with van der Waals surface area (Å²) in [5.74, 6) is 0. The first kappa shape index (κ1) is 13.7. The van der Waals surface area contributed by atoms with E-state index in [1.807, 2.05) is 0 Å². The first-order valence-electron chi connectivity index (χ1n) is 4.03. The molecule has 0 spiro atoms. The van der Waals surface area contributed by atoms with Crippen LogP contribution >= 0.6 is 10.7 Å². The average molecular weight is 287 g/mol. The van der Waals surface area contributed by atoms with Crippen molar-refractivity contribution in [1.29, 1.82) is 0 Å². The maximum absolute atomic E-state index is 12.4. The number of nitro groups is 1. The van der Waals surface area contributed by atoms with Crippen LogP contribution < -0.4 is 0 Å². The zero-order valence-corrected chi connectivity index (χ0v) is 9.80. The smallest absolute Gasteiger partial charge is 0.258 e. The Morgan fingerprint density at radius 1 is 1.53 bits per heavy atom. The van der Waals surface area contributed by atoms with Crippen LogP contribution in [0.3, 0.4) is 0 Å². The molecule has 0 saturated carbocycles. The third kappa shape index (κ3) is 2.86. The zero-order chi connectivity index (χ0) is 13.4. The van der Waals surface area contributed by atoms with Gasteiger partial charge in [-0.05, 0) is 6.92 Å². The van der Waals surface area contributed by atoms with Gasteiger partial charge in [-0.3, -0.25) is 10.1 Å². The van der Waals surface area contributed by atoms with Crippen LogP contribution in [0.5, 0.6) is 0 Å². The Kier molecular flexibility index (Phi) is 3.62. The molecule has 10 heteroatoms. The molecule has 0 radical (unpaired) electrons. The summed E-state index contributed by atoms with van der Waals surface area (Å²) in [5.41, 5.74) is -2.16. The summed E-state index contributed by atoms with van der Waals surface area (Å²) < 4.78 is 46.9. The summed E-state index contributed by atoms with van der Waals surface area (Å²) in [6.07, 6.45) is -3.13. The van der Waals surface area contributed by atoms with Gasteiger partial charge in [0, 0.05) is 16.7 Å². The van der Waals surface area contributed by atoms with E-state index in [0.717, 1.165) is 6.92 Å². The average Bonchev–Trinajstić information content (AvgIpc) is 2.15. The normalized spacial score (nSPS) is 11.8. The van der Waals surface area contributed by atoms with Crippen molar-refractivity contribution in [3.05, 3.63) is 27.4 Å². The molecule has 0 atom stereocenters. The Hall–Kier alpha value is -1.35. The lowest BCUT2D eigenvalue weighted by atomic mass is 10.2. The molecular formula is C7H5ClF2N2O4S. The monoisotopic (exact) mass is 286 g/mol. The molecule has 0 saturated heterocycles. The fourth-order valence-corrected chi connectivity index (χ4v) is 2.27. The van der Waals surface area contributed by atoms with Crippen LogP contribution in [0, 0.1) is 17.0 Å². The fourth-order valence-electron chi connectivity index (χ4n) is 1.13. The number of rotatable bonds is 3. The molecule has 0 aliphatic heterocycles. The number of hydrogen-bond acceptors (Lipinski definition) is 5.